The number of aryl methyl sites for hydroxylation is 2. The van der Waals surface area contributed by atoms with E-state index in [9.17, 15) is 23.1 Å². The first-order valence-electron chi connectivity index (χ1n) is 13.7. The standard InChI is InChI=1S/C29H36F3N3O2/c30-29(31,32)24-11-5-10-23(25(24)20-12-13-20)26(28(36)37)35-17-19(18-35)7-3-1-2-4-9-22-15-14-21-8-6-16-33-27(21)34-22/h5,10-11,14-15,19-20,26H,1-4,6-9,12-13,16-18H2,(H,33,34)(H,36,37). The Bertz CT molecular complexity index is 1110. The third kappa shape index (κ3) is 6.11. The van der Waals surface area contributed by atoms with Crippen molar-refractivity contribution in [1.82, 2.24) is 9.88 Å². The van der Waals surface area contributed by atoms with Gasteiger partial charge in [-0.05, 0) is 85.6 Å². The first-order chi connectivity index (χ1) is 17.8. The van der Waals surface area contributed by atoms with Crippen molar-refractivity contribution in [2.75, 3.05) is 25.0 Å². The normalized spacial score (nSPS) is 19.1. The highest BCUT2D eigenvalue weighted by atomic mass is 19.4. The minimum absolute atomic E-state index is 0.181. The monoisotopic (exact) mass is 515 g/mol. The number of pyridine rings is 1. The maximum atomic E-state index is 13.7. The molecule has 37 heavy (non-hydrogen) atoms. The maximum Gasteiger partial charge on any atom is 0.416 e. The van der Waals surface area contributed by atoms with Crippen LogP contribution in [0.15, 0.2) is 30.3 Å². The second kappa shape index (κ2) is 11.0. The summed E-state index contributed by atoms with van der Waals surface area (Å²) < 4.78 is 41.0. The zero-order chi connectivity index (χ0) is 26.0. The van der Waals surface area contributed by atoms with Gasteiger partial charge in [0, 0.05) is 25.3 Å². The second-order valence-electron chi connectivity index (χ2n) is 10.9. The van der Waals surface area contributed by atoms with Gasteiger partial charge in [0.2, 0.25) is 0 Å². The van der Waals surface area contributed by atoms with Gasteiger partial charge in [0.1, 0.15) is 11.9 Å². The molecule has 200 valence electrons. The van der Waals surface area contributed by atoms with Crippen molar-refractivity contribution in [3.05, 3.63) is 58.3 Å². The van der Waals surface area contributed by atoms with E-state index in [-0.39, 0.29) is 11.5 Å². The number of carboxylic acid groups (broad SMARTS) is 1. The quantitative estimate of drug-likeness (QED) is 0.331. The molecule has 0 bridgehead atoms. The molecule has 1 saturated heterocycles. The molecule has 8 heteroatoms. The number of likely N-dealkylation sites (tertiary alicyclic amines) is 1. The Morgan fingerprint density at radius 2 is 1.89 bits per heavy atom. The van der Waals surface area contributed by atoms with Gasteiger partial charge in [0.25, 0.3) is 0 Å². The van der Waals surface area contributed by atoms with Crippen LogP contribution in [0.1, 0.15) is 91.3 Å². The molecule has 1 unspecified atom stereocenters. The van der Waals surface area contributed by atoms with Crippen LogP contribution in [-0.4, -0.2) is 40.6 Å². The molecule has 0 radical (unpaired) electrons. The van der Waals surface area contributed by atoms with Crippen LogP contribution in [0.5, 0.6) is 0 Å². The number of unbranched alkanes of at least 4 members (excludes halogenated alkanes) is 3. The summed E-state index contributed by atoms with van der Waals surface area (Å²) in [6.45, 7) is 2.25. The van der Waals surface area contributed by atoms with Crippen LogP contribution >= 0.6 is 0 Å². The van der Waals surface area contributed by atoms with E-state index in [0.29, 0.717) is 37.4 Å². The van der Waals surface area contributed by atoms with E-state index in [2.05, 4.69) is 17.4 Å². The van der Waals surface area contributed by atoms with Gasteiger partial charge in [-0.15, -0.1) is 0 Å². The number of aromatic nitrogens is 1. The molecule has 1 atom stereocenters. The molecule has 1 aromatic carbocycles. The summed E-state index contributed by atoms with van der Waals surface area (Å²) in [6, 6.07) is 7.37. The fourth-order valence-electron chi connectivity index (χ4n) is 5.99. The van der Waals surface area contributed by atoms with Crippen molar-refractivity contribution >= 4 is 11.8 Å². The zero-order valence-electron chi connectivity index (χ0n) is 21.2. The minimum atomic E-state index is -4.47. The number of nitrogens with zero attached hydrogens (tertiary/aromatic N) is 2. The molecule has 1 saturated carbocycles. The first kappa shape index (κ1) is 26.0. The van der Waals surface area contributed by atoms with Crippen molar-refractivity contribution in [2.24, 2.45) is 5.92 Å². The van der Waals surface area contributed by atoms with Crippen molar-refractivity contribution in [2.45, 2.75) is 82.3 Å². The van der Waals surface area contributed by atoms with Gasteiger partial charge in [-0.1, -0.05) is 37.5 Å². The summed E-state index contributed by atoms with van der Waals surface area (Å²) in [6.07, 6.45) is 5.63. The van der Waals surface area contributed by atoms with Crippen LogP contribution in [0.3, 0.4) is 0 Å². The molecule has 2 N–H and O–H groups in total. The molecule has 3 aliphatic rings. The molecule has 1 aliphatic carbocycles. The highest BCUT2D eigenvalue weighted by Gasteiger charge is 2.44. The topological polar surface area (TPSA) is 65.5 Å². The smallest absolute Gasteiger partial charge is 0.416 e. The molecule has 2 aromatic rings. The summed E-state index contributed by atoms with van der Waals surface area (Å²) in [5.41, 5.74) is 2.32. The minimum Gasteiger partial charge on any atom is -0.480 e. The summed E-state index contributed by atoms with van der Waals surface area (Å²) in [4.78, 5) is 18.8. The fraction of sp³-hybridized carbons (Fsp3) is 0.586. The van der Waals surface area contributed by atoms with Crippen molar-refractivity contribution in [1.29, 1.82) is 0 Å². The lowest BCUT2D eigenvalue weighted by molar-refractivity contribution is -0.147. The number of aliphatic carboxylic acids is 1. The Morgan fingerprint density at radius 1 is 1.11 bits per heavy atom. The van der Waals surface area contributed by atoms with Crippen LogP contribution < -0.4 is 5.32 Å². The zero-order valence-corrected chi connectivity index (χ0v) is 21.2. The Kier molecular flexibility index (Phi) is 7.75. The summed E-state index contributed by atoms with van der Waals surface area (Å²) >= 11 is 0. The van der Waals surface area contributed by atoms with Crippen molar-refractivity contribution in [3.63, 3.8) is 0 Å². The van der Waals surface area contributed by atoms with E-state index >= 15 is 0 Å². The first-order valence-corrected chi connectivity index (χ1v) is 13.7. The number of rotatable bonds is 11. The van der Waals surface area contributed by atoms with E-state index in [1.165, 1.54) is 11.6 Å². The lowest BCUT2D eigenvalue weighted by atomic mass is 9.86. The summed E-state index contributed by atoms with van der Waals surface area (Å²) in [5.74, 6) is 0.211. The van der Waals surface area contributed by atoms with Gasteiger partial charge >= 0.3 is 12.1 Å². The predicted molar refractivity (Wildman–Crippen MR) is 137 cm³/mol. The summed E-state index contributed by atoms with van der Waals surface area (Å²) in [5, 5.41) is 13.4. The highest BCUT2D eigenvalue weighted by Crippen LogP contribution is 2.49. The number of hydrogen-bond donors (Lipinski definition) is 2. The molecular weight excluding hydrogens is 479 g/mol. The number of fused-ring (bicyclic) bond motifs is 1. The molecule has 5 nitrogen and oxygen atoms in total. The average Bonchev–Trinajstić information content (AvgIpc) is 3.68. The van der Waals surface area contributed by atoms with Crippen molar-refractivity contribution < 1.29 is 23.1 Å². The lowest BCUT2D eigenvalue weighted by Crippen LogP contribution is -2.50. The number of anilines is 1. The predicted octanol–water partition coefficient (Wildman–Crippen LogP) is 6.59. The van der Waals surface area contributed by atoms with Gasteiger partial charge in [-0.2, -0.15) is 13.2 Å². The third-order valence-corrected chi connectivity index (χ3v) is 8.06. The Labute approximate surface area is 216 Å². The molecule has 2 aliphatic heterocycles. The van der Waals surface area contributed by atoms with E-state index in [4.69, 9.17) is 4.98 Å². The number of nitrogens with one attached hydrogen (secondary N) is 1. The van der Waals surface area contributed by atoms with Crippen LogP contribution in [0.2, 0.25) is 0 Å². The average molecular weight is 516 g/mol. The van der Waals surface area contributed by atoms with Gasteiger partial charge in [0.15, 0.2) is 0 Å². The SMILES string of the molecule is O=C(O)C(c1cccc(C(F)(F)F)c1C1CC1)N1CC(CCCCCCc2ccc3c(n2)NCCC3)C1. The van der Waals surface area contributed by atoms with Gasteiger partial charge in [-0.3, -0.25) is 9.69 Å². The molecule has 0 spiro atoms. The number of alkyl halides is 3. The molecule has 5 rings (SSSR count). The van der Waals surface area contributed by atoms with Crippen LogP contribution in [0.25, 0.3) is 0 Å². The van der Waals surface area contributed by atoms with Gasteiger partial charge in [-0.25, -0.2) is 4.98 Å². The van der Waals surface area contributed by atoms with E-state index in [0.717, 1.165) is 75.5 Å². The lowest BCUT2D eigenvalue weighted by Gasteiger charge is -2.43. The maximum absolute atomic E-state index is 13.7. The van der Waals surface area contributed by atoms with E-state index < -0.39 is 23.8 Å². The molecule has 3 heterocycles. The number of benzene rings is 1. The third-order valence-electron chi connectivity index (χ3n) is 8.06. The number of halogens is 3. The number of carboxylic acids is 1. The largest absolute Gasteiger partial charge is 0.480 e. The van der Waals surface area contributed by atoms with Crippen LogP contribution in [0.4, 0.5) is 19.0 Å². The molecule has 1 aromatic heterocycles. The Balaban J connectivity index is 1.08. The second-order valence-corrected chi connectivity index (χ2v) is 10.9. The van der Waals surface area contributed by atoms with E-state index in [1.807, 2.05) is 4.90 Å². The molecule has 2 fully saturated rings. The molecular formula is C29H36F3N3O2. The van der Waals surface area contributed by atoms with Crippen LogP contribution in [0, 0.1) is 5.92 Å². The number of hydrogen-bond acceptors (Lipinski definition) is 4. The fourth-order valence-corrected chi connectivity index (χ4v) is 5.99. The van der Waals surface area contributed by atoms with Crippen LogP contribution in [-0.2, 0) is 23.8 Å². The Morgan fingerprint density at radius 3 is 2.62 bits per heavy atom. The van der Waals surface area contributed by atoms with Crippen molar-refractivity contribution in [3.8, 4) is 0 Å². The highest BCUT2D eigenvalue weighted by molar-refractivity contribution is 5.77. The molecule has 0 amide bonds. The number of carbonyl (C=O) groups is 1. The summed E-state index contributed by atoms with van der Waals surface area (Å²) in [7, 11) is 0. The van der Waals surface area contributed by atoms with Gasteiger partial charge < -0.3 is 10.4 Å². The van der Waals surface area contributed by atoms with Gasteiger partial charge in [0.05, 0.1) is 5.56 Å². The van der Waals surface area contributed by atoms with E-state index in [1.54, 1.807) is 6.07 Å². The Hall–Kier alpha value is -2.61.